The minimum absolute atomic E-state index is 0.0317. The standard InChI is InChI=1S/C50H80O14P2/c1-3-5-7-9-11-12-13-14-15-16-17-18-19-20-21-26-29-33-37-41-50(54)64-48(45-63-66(58,59)62-43-47(52)42-61-65(55,56)57)44-60-49(53)40-36-32-28-25-23-22-24-27-31-35-39-46(51)38-34-30-10-8-6-4-2/h6,8,11-12,14-15,17-18,20-23,27-28,30-32,34-35,39,46-48,51-52H,3-5,7,9-10,13,16,19,24-26,29,33,36-38,40-45H2,1-2H3,(H,58,59)(H2,55,56,57)/b8-6-,12-11-,15-14-,18-17-,21-20-,23-22-,31-27-,32-28-,34-30-,39-35+/t46?,47-,48+/m0/s1. The fourth-order valence-electron chi connectivity index (χ4n) is 5.38. The Morgan fingerprint density at radius 3 is 1.62 bits per heavy atom. The quantitative estimate of drug-likeness (QED) is 0.0127. The molecular weight excluding hydrogens is 886 g/mol. The number of carbonyl (C=O) groups is 2. The van der Waals surface area contributed by atoms with Crippen LogP contribution in [-0.2, 0) is 41.8 Å². The number of unbranched alkanes of at least 4 members (excludes halogenated alkanes) is 6. The van der Waals surface area contributed by atoms with Crippen LogP contribution in [0.25, 0.3) is 0 Å². The average Bonchev–Trinajstić information content (AvgIpc) is 3.28. The Morgan fingerprint density at radius 2 is 1.03 bits per heavy atom. The van der Waals surface area contributed by atoms with Crippen molar-refractivity contribution in [3.8, 4) is 0 Å². The number of rotatable bonds is 42. The molecule has 0 aromatic carbocycles. The number of hydrogen-bond donors (Lipinski definition) is 5. The first-order valence-electron chi connectivity index (χ1n) is 23.3. The third-order valence-electron chi connectivity index (χ3n) is 8.92. The van der Waals surface area contributed by atoms with E-state index < -0.39 is 72.3 Å². The van der Waals surface area contributed by atoms with Gasteiger partial charge in [0, 0.05) is 12.8 Å². The van der Waals surface area contributed by atoms with Crippen molar-refractivity contribution in [2.45, 2.75) is 154 Å². The van der Waals surface area contributed by atoms with Gasteiger partial charge in [0.15, 0.2) is 6.10 Å². The van der Waals surface area contributed by atoms with Crippen molar-refractivity contribution >= 4 is 27.6 Å². The predicted octanol–water partition coefficient (Wildman–Crippen LogP) is 11.4. The van der Waals surface area contributed by atoms with E-state index in [1.807, 2.05) is 54.7 Å². The molecular formula is C50H80O14P2. The first-order chi connectivity index (χ1) is 31.8. The van der Waals surface area contributed by atoms with Crippen molar-refractivity contribution in [1.29, 1.82) is 0 Å². The summed E-state index contributed by atoms with van der Waals surface area (Å²) in [6.45, 7) is 1.40. The van der Waals surface area contributed by atoms with Gasteiger partial charge in [-0.05, 0) is 89.9 Å². The maximum atomic E-state index is 12.7. The lowest BCUT2D eigenvalue weighted by molar-refractivity contribution is -0.161. The van der Waals surface area contributed by atoms with Crippen molar-refractivity contribution in [2.24, 2.45) is 0 Å². The zero-order valence-corrected chi connectivity index (χ0v) is 41.1. The Balaban J connectivity index is 4.73. The van der Waals surface area contributed by atoms with Crippen LogP contribution < -0.4 is 0 Å². The summed E-state index contributed by atoms with van der Waals surface area (Å²) >= 11 is 0. The molecule has 0 aromatic heterocycles. The van der Waals surface area contributed by atoms with Crippen molar-refractivity contribution in [3.63, 3.8) is 0 Å². The molecule has 0 aromatic rings. The number of hydrogen-bond acceptors (Lipinski definition) is 11. The molecule has 0 aliphatic heterocycles. The van der Waals surface area contributed by atoms with Crippen LogP contribution >= 0.6 is 15.6 Å². The molecule has 0 radical (unpaired) electrons. The van der Waals surface area contributed by atoms with Crippen LogP contribution in [0.3, 0.4) is 0 Å². The highest BCUT2D eigenvalue weighted by molar-refractivity contribution is 7.47. The Morgan fingerprint density at radius 1 is 0.515 bits per heavy atom. The molecule has 374 valence electrons. The number of aliphatic hydroxyl groups is 2. The fraction of sp³-hybridized carbons (Fsp3) is 0.560. The molecule has 0 fully saturated rings. The SMILES string of the molecule is CC/C=C\C/C=C\CC(O)/C=C/C=C\C/C=C\C/C=C\CCC(=O)OC[C@H](COP(=O)(O)OC[C@@H](O)COP(=O)(O)O)OC(=O)CCCCC/C=C\C/C=C\C/C=C\C/C=C\CCCCC. The van der Waals surface area contributed by atoms with Crippen LogP contribution in [-0.4, -0.2) is 81.6 Å². The molecule has 14 nitrogen and oxygen atoms in total. The minimum Gasteiger partial charge on any atom is -0.462 e. The largest absolute Gasteiger partial charge is 0.472 e. The third-order valence-corrected chi connectivity index (χ3v) is 10.4. The molecule has 0 aliphatic rings. The van der Waals surface area contributed by atoms with Crippen LogP contribution in [0.5, 0.6) is 0 Å². The van der Waals surface area contributed by atoms with Crippen molar-refractivity contribution in [2.75, 3.05) is 26.4 Å². The topological polar surface area (TPSA) is 216 Å². The van der Waals surface area contributed by atoms with E-state index in [1.54, 1.807) is 6.08 Å². The number of carbonyl (C=O) groups excluding carboxylic acids is 2. The molecule has 0 bridgehead atoms. The number of phosphoric acid groups is 2. The summed E-state index contributed by atoms with van der Waals surface area (Å²) in [4.78, 5) is 52.8. The lowest BCUT2D eigenvalue weighted by Gasteiger charge is -2.20. The van der Waals surface area contributed by atoms with E-state index in [0.29, 0.717) is 25.7 Å². The van der Waals surface area contributed by atoms with E-state index in [1.165, 1.54) is 19.3 Å². The highest BCUT2D eigenvalue weighted by Gasteiger charge is 2.28. The molecule has 16 heteroatoms. The van der Waals surface area contributed by atoms with Crippen LogP contribution in [0.15, 0.2) is 122 Å². The number of phosphoric ester groups is 2. The first kappa shape index (κ1) is 62.5. The third kappa shape index (κ3) is 47.0. The van der Waals surface area contributed by atoms with Crippen molar-refractivity contribution in [1.82, 2.24) is 0 Å². The maximum Gasteiger partial charge on any atom is 0.472 e. The second kappa shape index (κ2) is 44.0. The van der Waals surface area contributed by atoms with Gasteiger partial charge in [0.05, 0.1) is 25.9 Å². The van der Waals surface area contributed by atoms with Gasteiger partial charge in [-0.1, -0.05) is 155 Å². The van der Waals surface area contributed by atoms with E-state index in [0.717, 1.165) is 64.2 Å². The summed E-state index contributed by atoms with van der Waals surface area (Å²) < 4.78 is 47.7. The lowest BCUT2D eigenvalue weighted by Crippen LogP contribution is -2.29. The summed E-state index contributed by atoms with van der Waals surface area (Å²) in [7, 11) is -9.74. The lowest BCUT2D eigenvalue weighted by atomic mass is 10.1. The van der Waals surface area contributed by atoms with Crippen LogP contribution in [0.2, 0.25) is 0 Å². The van der Waals surface area contributed by atoms with Gasteiger partial charge >= 0.3 is 27.6 Å². The molecule has 4 atom stereocenters. The summed E-state index contributed by atoms with van der Waals surface area (Å²) in [5, 5.41) is 19.8. The second-order valence-electron chi connectivity index (χ2n) is 15.1. The summed E-state index contributed by atoms with van der Waals surface area (Å²) in [5.74, 6) is -1.21. The number of aliphatic hydroxyl groups excluding tert-OH is 2. The smallest absolute Gasteiger partial charge is 0.462 e. The Kier molecular flexibility index (Phi) is 41.7. The van der Waals surface area contributed by atoms with Gasteiger partial charge in [-0.25, -0.2) is 9.13 Å². The van der Waals surface area contributed by atoms with E-state index in [4.69, 9.17) is 23.8 Å². The average molecular weight is 967 g/mol. The van der Waals surface area contributed by atoms with Crippen LogP contribution in [0.4, 0.5) is 0 Å². The van der Waals surface area contributed by atoms with Crippen LogP contribution in [0.1, 0.15) is 136 Å². The van der Waals surface area contributed by atoms with Gasteiger partial charge in [-0.15, -0.1) is 0 Å². The maximum absolute atomic E-state index is 12.7. The Labute approximate surface area is 395 Å². The molecule has 0 aliphatic carbocycles. The van der Waals surface area contributed by atoms with Gasteiger partial charge in [0.1, 0.15) is 12.7 Å². The van der Waals surface area contributed by atoms with E-state index in [2.05, 4.69) is 83.7 Å². The van der Waals surface area contributed by atoms with Crippen LogP contribution in [0, 0.1) is 0 Å². The number of ether oxygens (including phenoxy) is 2. The van der Waals surface area contributed by atoms with Gasteiger partial charge < -0.3 is 34.4 Å². The zero-order chi connectivity index (χ0) is 48.8. The molecule has 5 N–H and O–H groups in total. The van der Waals surface area contributed by atoms with Crippen molar-refractivity contribution in [3.05, 3.63) is 122 Å². The highest BCUT2D eigenvalue weighted by atomic mass is 31.2. The number of esters is 2. The monoisotopic (exact) mass is 967 g/mol. The molecule has 0 saturated carbocycles. The normalized spacial score (nSPS) is 15.4. The molecule has 66 heavy (non-hydrogen) atoms. The van der Waals surface area contributed by atoms with Crippen molar-refractivity contribution < 1.29 is 66.7 Å². The molecule has 0 spiro atoms. The second-order valence-corrected chi connectivity index (χ2v) is 17.8. The summed E-state index contributed by atoms with van der Waals surface area (Å²) in [6.07, 6.45) is 52.2. The Hall–Kier alpha value is -3.52. The molecule has 2 unspecified atom stereocenters. The molecule has 0 saturated heterocycles. The van der Waals surface area contributed by atoms with Gasteiger partial charge in [0.25, 0.3) is 0 Å². The van der Waals surface area contributed by atoms with E-state index in [-0.39, 0.29) is 12.8 Å². The molecule has 0 rings (SSSR count). The van der Waals surface area contributed by atoms with E-state index >= 15 is 0 Å². The molecule has 0 heterocycles. The van der Waals surface area contributed by atoms with Gasteiger partial charge in [-0.2, -0.15) is 0 Å². The molecule has 0 amide bonds. The number of allylic oxidation sites excluding steroid dienone is 18. The van der Waals surface area contributed by atoms with E-state index in [9.17, 15) is 33.8 Å². The Bertz CT molecular complexity index is 1640. The minimum atomic E-state index is -4.89. The first-order valence-corrected chi connectivity index (χ1v) is 26.4. The highest BCUT2D eigenvalue weighted by Crippen LogP contribution is 2.43. The zero-order valence-electron chi connectivity index (χ0n) is 39.3. The summed E-state index contributed by atoms with van der Waals surface area (Å²) in [6, 6.07) is 0. The summed E-state index contributed by atoms with van der Waals surface area (Å²) in [5.41, 5.74) is 0. The van der Waals surface area contributed by atoms with Gasteiger partial charge in [-0.3, -0.25) is 23.2 Å². The predicted molar refractivity (Wildman–Crippen MR) is 263 cm³/mol. The van der Waals surface area contributed by atoms with Gasteiger partial charge in [0.2, 0.25) is 0 Å². The fourth-order valence-corrected chi connectivity index (χ4v) is 6.54.